The maximum Gasteiger partial charge on any atom is 0.419 e. The van der Waals surface area contributed by atoms with Crippen LogP contribution in [0.1, 0.15) is 53.2 Å². The molecule has 0 unspecified atom stereocenters. The molecule has 2 saturated heterocycles. The summed E-state index contributed by atoms with van der Waals surface area (Å²) in [5.41, 5.74) is -0.590. The van der Waals surface area contributed by atoms with E-state index in [4.69, 9.17) is 4.74 Å². The number of hydrogen-bond donors (Lipinski definition) is 0. The molecular weight excluding hydrogens is 440 g/mol. The van der Waals surface area contributed by atoms with Crippen LogP contribution in [0.15, 0.2) is 30.6 Å². The third-order valence-electron chi connectivity index (χ3n) is 6.53. The zero-order valence-corrected chi connectivity index (χ0v) is 17.9. The van der Waals surface area contributed by atoms with Crippen molar-refractivity contribution in [1.82, 2.24) is 19.8 Å². The Hall–Kier alpha value is -2.75. The largest absolute Gasteiger partial charge is 0.472 e. The van der Waals surface area contributed by atoms with Gasteiger partial charge in [-0.15, -0.1) is 0 Å². The topological polar surface area (TPSA) is 58.6 Å². The highest BCUT2D eigenvalue weighted by atomic mass is 19.4. The fourth-order valence-electron chi connectivity index (χ4n) is 4.69. The van der Waals surface area contributed by atoms with Crippen molar-refractivity contribution in [3.8, 4) is 5.88 Å². The van der Waals surface area contributed by atoms with Gasteiger partial charge >= 0.3 is 6.18 Å². The molecule has 3 aliphatic rings. The molecule has 2 aromatic rings. The summed E-state index contributed by atoms with van der Waals surface area (Å²) in [5, 5.41) is 0. The van der Waals surface area contributed by atoms with Crippen LogP contribution in [0.4, 0.5) is 17.6 Å². The average Bonchev–Trinajstić information content (AvgIpc) is 3.58. The number of carbonyl (C=O) groups excluding carboxylic acids is 1. The molecule has 1 aliphatic carbocycles. The van der Waals surface area contributed by atoms with Gasteiger partial charge in [-0.1, -0.05) is 0 Å². The lowest BCUT2D eigenvalue weighted by atomic mass is 10.1. The second-order valence-electron chi connectivity index (χ2n) is 8.98. The number of carbonyl (C=O) groups is 1. The molecule has 0 radical (unpaired) electrons. The zero-order chi connectivity index (χ0) is 23.2. The Balaban J connectivity index is 1.24. The van der Waals surface area contributed by atoms with Crippen molar-refractivity contribution in [1.29, 1.82) is 0 Å². The predicted molar refractivity (Wildman–Crippen MR) is 110 cm³/mol. The first-order chi connectivity index (χ1) is 15.8. The van der Waals surface area contributed by atoms with Crippen LogP contribution in [-0.4, -0.2) is 64.0 Å². The van der Waals surface area contributed by atoms with E-state index in [1.165, 1.54) is 0 Å². The molecule has 3 heterocycles. The van der Waals surface area contributed by atoms with Gasteiger partial charge in [0.25, 0.3) is 5.91 Å². The number of benzene rings is 1. The van der Waals surface area contributed by atoms with E-state index < -0.39 is 23.5 Å². The second-order valence-corrected chi connectivity index (χ2v) is 8.98. The first-order valence-corrected chi connectivity index (χ1v) is 11.2. The lowest BCUT2D eigenvalue weighted by Gasteiger charge is -2.25. The van der Waals surface area contributed by atoms with E-state index in [0.29, 0.717) is 56.4 Å². The van der Waals surface area contributed by atoms with Gasteiger partial charge in [0, 0.05) is 50.1 Å². The van der Waals surface area contributed by atoms with E-state index in [0.717, 1.165) is 31.1 Å². The van der Waals surface area contributed by atoms with E-state index in [9.17, 15) is 22.4 Å². The van der Waals surface area contributed by atoms with Crippen molar-refractivity contribution in [3.05, 3.63) is 53.2 Å². The van der Waals surface area contributed by atoms with Crippen LogP contribution >= 0.6 is 0 Å². The van der Waals surface area contributed by atoms with E-state index in [-0.39, 0.29) is 17.7 Å². The summed E-state index contributed by atoms with van der Waals surface area (Å²) in [5.74, 6) is -0.910. The normalized spacial score (nSPS) is 23.8. The molecule has 0 spiro atoms. The number of aromatic nitrogens is 2. The van der Waals surface area contributed by atoms with E-state index in [1.807, 2.05) is 0 Å². The molecule has 1 saturated carbocycles. The Morgan fingerprint density at radius 2 is 1.91 bits per heavy atom. The van der Waals surface area contributed by atoms with Crippen molar-refractivity contribution >= 4 is 5.91 Å². The molecule has 2 aliphatic heterocycles. The summed E-state index contributed by atoms with van der Waals surface area (Å²) in [6.07, 6.45) is 2.13. The van der Waals surface area contributed by atoms with Crippen LogP contribution < -0.4 is 4.74 Å². The monoisotopic (exact) mass is 464 g/mol. The highest BCUT2D eigenvalue weighted by Crippen LogP contribution is 2.38. The van der Waals surface area contributed by atoms with E-state index in [2.05, 4.69) is 14.9 Å². The number of amides is 1. The number of rotatable bonds is 4. The molecule has 0 bridgehead atoms. The van der Waals surface area contributed by atoms with E-state index in [1.54, 1.807) is 17.3 Å². The smallest absolute Gasteiger partial charge is 0.419 e. The first kappa shape index (κ1) is 22.1. The van der Waals surface area contributed by atoms with Crippen LogP contribution in [-0.2, 0) is 6.18 Å². The van der Waals surface area contributed by atoms with Gasteiger partial charge in [0.1, 0.15) is 11.9 Å². The van der Waals surface area contributed by atoms with Gasteiger partial charge in [0.15, 0.2) is 0 Å². The SMILES string of the molecule is O=C(c1ccc(F)c(C(F)(F)F)c1)N1CCCN2C[C@H](Oc3cnc(C4CC4)cn3)C[C@@H]2C1. The summed E-state index contributed by atoms with van der Waals surface area (Å²) in [6.45, 7) is 2.26. The highest BCUT2D eigenvalue weighted by molar-refractivity contribution is 5.94. The number of alkyl halides is 3. The molecule has 1 aromatic carbocycles. The average molecular weight is 464 g/mol. The van der Waals surface area contributed by atoms with Crippen molar-refractivity contribution < 1.29 is 27.1 Å². The summed E-state index contributed by atoms with van der Waals surface area (Å²) in [4.78, 5) is 25.6. The number of fused-ring (bicyclic) bond motifs is 1. The maximum atomic E-state index is 13.6. The Labute approximate surface area is 188 Å². The van der Waals surface area contributed by atoms with Gasteiger partial charge in [-0.3, -0.25) is 14.7 Å². The maximum absolute atomic E-state index is 13.6. The standard InChI is InChI=1S/C23H24F4N4O2/c24-19-5-4-15(8-18(19)23(25,26)27)22(32)31-7-1-6-30-13-17(9-16(30)12-31)33-21-11-28-20(10-29-21)14-2-3-14/h4-5,8,10-11,14,16-17H,1-3,6-7,9,12-13H2/t16-,17-/m1/s1. The minimum atomic E-state index is -4.86. The number of nitrogens with zero attached hydrogens (tertiary/aromatic N) is 4. The third-order valence-corrected chi connectivity index (χ3v) is 6.53. The molecular formula is C23H24F4N4O2. The Kier molecular flexibility index (Phi) is 5.72. The Morgan fingerprint density at radius 1 is 1.09 bits per heavy atom. The van der Waals surface area contributed by atoms with Crippen molar-refractivity contribution in [2.24, 2.45) is 0 Å². The zero-order valence-electron chi connectivity index (χ0n) is 17.9. The summed E-state index contributed by atoms with van der Waals surface area (Å²) in [6, 6.07) is 2.45. The van der Waals surface area contributed by atoms with Crippen molar-refractivity contribution in [3.63, 3.8) is 0 Å². The van der Waals surface area contributed by atoms with Crippen LogP contribution in [0.5, 0.6) is 5.88 Å². The number of ether oxygens (including phenoxy) is 1. The fourth-order valence-corrected chi connectivity index (χ4v) is 4.69. The molecule has 2 atom stereocenters. The molecule has 176 valence electrons. The predicted octanol–water partition coefficient (Wildman–Crippen LogP) is 3.88. The molecule has 33 heavy (non-hydrogen) atoms. The molecule has 0 N–H and O–H groups in total. The Bertz CT molecular complexity index is 1030. The first-order valence-electron chi connectivity index (χ1n) is 11.2. The molecule has 3 fully saturated rings. The van der Waals surface area contributed by atoms with Crippen LogP contribution in [0.3, 0.4) is 0 Å². The van der Waals surface area contributed by atoms with E-state index >= 15 is 0 Å². The van der Waals surface area contributed by atoms with Gasteiger partial charge in [-0.2, -0.15) is 13.2 Å². The quantitative estimate of drug-likeness (QED) is 0.643. The van der Waals surface area contributed by atoms with Crippen LogP contribution in [0.25, 0.3) is 0 Å². The van der Waals surface area contributed by atoms with Gasteiger partial charge in [0.2, 0.25) is 5.88 Å². The van der Waals surface area contributed by atoms with Crippen molar-refractivity contribution in [2.75, 3.05) is 26.2 Å². The van der Waals surface area contributed by atoms with Gasteiger partial charge in [-0.25, -0.2) is 9.37 Å². The summed E-state index contributed by atoms with van der Waals surface area (Å²) in [7, 11) is 0. The molecule has 1 amide bonds. The molecule has 6 nitrogen and oxygen atoms in total. The van der Waals surface area contributed by atoms with Crippen LogP contribution in [0, 0.1) is 5.82 Å². The minimum absolute atomic E-state index is 0.0303. The second kappa shape index (κ2) is 8.55. The third kappa shape index (κ3) is 4.80. The lowest BCUT2D eigenvalue weighted by Crippen LogP contribution is -2.39. The lowest BCUT2D eigenvalue weighted by molar-refractivity contribution is -0.140. The number of hydrogen-bond acceptors (Lipinski definition) is 5. The number of halogens is 4. The van der Waals surface area contributed by atoms with Crippen LogP contribution in [0.2, 0.25) is 0 Å². The van der Waals surface area contributed by atoms with Gasteiger partial charge in [0.05, 0.1) is 23.7 Å². The fraction of sp³-hybridized carbons (Fsp3) is 0.522. The summed E-state index contributed by atoms with van der Waals surface area (Å²) < 4.78 is 58.8. The Morgan fingerprint density at radius 3 is 2.61 bits per heavy atom. The van der Waals surface area contributed by atoms with Crippen molar-refractivity contribution in [2.45, 2.75) is 49.9 Å². The highest BCUT2D eigenvalue weighted by Gasteiger charge is 2.38. The minimum Gasteiger partial charge on any atom is -0.472 e. The van der Waals surface area contributed by atoms with Gasteiger partial charge in [-0.05, 0) is 37.5 Å². The van der Waals surface area contributed by atoms with Gasteiger partial charge < -0.3 is 9.64 Å². The summed E-state index contributed by atoms with van der Waals surface area (Å²) >= 11 is 0. The molecule has 5 rings (SSSR count). The molecule has 1 aromatic heterocycles. The molecule has 10 heteroatoms.